The van der Waals surface area contributed by atoms with E-state index in [1.165, 1.54) is 6.07 Å². The van der Waals surface area contributed by atoms with Gasteiger partial charge in [-0.05, 0) is 41.3 Å². The molecule has 0 saturated heterocycles. The minimum atomic E-state index is -0.319. The van der Waals surface area contributed by atoms with Crippen LogP contribution in [0.15, 0.2) is 77.6 Å². The highest BCUT2D eigenvalue weighted by atomic mass is 16.5. The first-order valence-electron chi connectivity index (χ1n) is 10.8. The molecule has 0 spiro atoms. The number of methoxy groups -OCH3 is 2. The smallest absolute Gasteiger partial charge is 0.255 e. The van der Waals surface area contributed by atoms with E-state index in [4.69, 9.17) is 9.47 Å². The van der Waals surface area contributed by atoms with Crippen molar-refractivity contribution in [1.82, 2.24) is 9.88 Å². The van der Waals surface area contributed by atoms with Crippen molar-refractivity contribution in [2.24, 2.45) is 0 Å². The second-order valence-corrected chi connectivity index (χ2v) is 8.06. The normalized spacial score (nSPS) is 15.2. The largest absolute Gasteiger partial charge is 0.493 e. The molecule has 0 saturated carbocycles. The molecule has 6 nitrogen and oxygen atoms in total. The highest BCUT2D eigenvalue weighted by molar-refractivity contribution is 6.06. The molecule has 166 valence electrons. The molecule has 6 heteroatoms. The fourth-order valence-electron chi connectivity index (χ4n) is 4.70. The van der Waals surface area contributed by atoms with Gasteiger partial charge in [0, 0.05) is 23.5 Å². The van der Waals surface area contributed by atoms with Gasteiger partial charge in [0.15, 0.2) is 11.5 Å². The minimum Gasteiger partial charge on any atom is -0.493 e. The molecule has 33 heavy (non-hydrogen) atoms. The van der Waals surface area contributed by atoms with E-state index in [1.807, 2.05) is 71.6 Å². The number of hydrogen-bond donors (Lipinski definition) is 1. The molecule has 0 radical (unpaired) electrons. The average molecular weight is 440 g/mol. The number of fused-ring (bicyclic) bond motifs is 2. The number of aromatic amines is 1. The molecule has 3 aromatic carbocycles. The van der Waals surface area contributed by atoms with Crippen LogP contribution in [0.4, 0.5) is 0 Å². The number of para-hydroxylation sites is 1. The lowest BCUT2D eigenvalue weighted by Gasteiger charge is -2.38. The number of aromatic nitrogens is 1. The van der Waals surface area contributed by atoms with E-state index in [2.05, 4.69) is 4.98 Å². The first-order chi connectivity index (χ1) is 16.1. The fraction of sp³-hybridized carbons (Fsp3) is 0.185. The lowest BCUT2D eigenvalue weighted by molar-refractivity contribution is 0.0696. The van der Waals surface area contributed by atoms with E-state index < -0.39 is 0 Å². The van der Waals surface area contributed by atoms with Crippen LogP contribution < -0.4 is 15.0 Å². The number of carbonyl (C=O) groups excluding carboxylic acids is 1. The molecule has 1 aliphatic rings. The summed E-state index contributed by atoms with van der Waals surface area (Å²) in [5.74, 6) is 1.11. The number of hydrogen-bond acceptors (Lipinski definition) is 4. The Hall–Kier alpha value is -4.06. The molecular formula is C27H24N2O4. The van der Waals surface area contributed by atoms with Crippen LogP contribution >= 0.6 is 0 Å². The van der Waals surface area contributed by atoms with Gasteiger partial charge in [-0.15, -0.1) is 0 Å². The summed E-state index contributed by atoms with van der Waals surface area (Å²) < 4.78 is 11.1. The molecule has 1 N–H and O–H groups in total. The number of carbonyl (C=O) groups is 1. The summed E-state index contributed by atoms with van der Waals surface area (Å²) >= 11 is 0. The molecule has 5 rings (SSSR count). The molecule has 1 aliphatic heterocycles. The Bertz CT molecular complexity index is 1390. The topological polar surface area (TPSA) is 71.6 Å². The van der Waals surface area contributed by atoms with Crippen LogP contribution in [-0.2, 0) is 6.42 Å². The zero-order valence-corrected chi connectivity index (χ0v) is 18.5. The van der Waals surface area contributed by atoms with Gasteiger partial charge in [0.25, 0.3) is 5.91 Å². The van der Waals surface area contributed by atoms with Gasteiger partial charge in [-0.2, -0.15) is 0 Å². The van der Waals surface area contributed by atoms with Gasteiger partial charge in [0.2, 0.25) is 5.56 Å². The number of rotatable bonds is 4. The summed E-state index contributed by atoms with van der Waals surface area (Å²) in [5.41, 5.74) is 3.85. The fourth-order valence-corrected chi connectivity index (χ4v) is 4.70. The molecule has 4 aromatic rings. The van der Waals surface area contributed by atoms with Crippen LogP contribution in [0.1, 0.15) is 33.1 Å². The Balaban J connectivity index is 1.68. The van der Waals surface area contributed by atoms with Crippen LogP contribution in [0.5, 0.6) is 11.5 Å². The molecule has 1 amide bonds. The summed E-state index contributed by atoms with van der Waals surface area (Å²) in [6.45, 7) is 0.516. The summed E-state index contributed by atoms with van der Waals surface area (Å²) in [4.78, 5) is 31.0. The standard InChI is InChI=1S/C27H24N2O4/c1-32-23-14-18-12-13-29(26(17-8-4-3-5-9-17)20(18)15-24(23)33-2)27(31)21-16-25(30)28-22-11-7-6-10-19(21)22/h3-11,14-16,26H,12-13H2,1-2H3,(H,28,30). The monoisotopic (exact) mass is 440 g/mol. The average Bonchev–Trinajstić information content (AvgIpc) is 2.86. The number of nitrogens with zero attached hydrogens (tertiary/aromatic N) is 1. The highest BCUT2D eigenvalue weighted by Gasteiger charge is 2.34. The Labute approximate surface area is 191 Å². The second kappa shape index (κ2) is 8.47. The van der Waals surface area contributed by atoms with Crippen molar-refractivity contribution in [3.8, 4) is 11.5 Å². The van der Waals surface area contributed by atoms with Crippen molar-refractivity contribution in [1.29, 1.82) is 0 Å². The Morgan fingerprint density at radius 2 is 1.64 bits per heavy atom. The lowest BCUT2D eigenvalue weighted by Crippen LogP contribution is -2.41. The first-order valence-corrected chi connectivity index (χ1v) is 10.8. The highest BCUT2D eigenvalue weighted by Crippen LogP contribution is 2.41. The van der Waals surface area contributed by atoms with E-state index in [1.54, 1.807) is 14.2 Å². The van der Waals surface area contributed by atoms with Crippen LogP contribution in [0.3, 0.4) is 0 Å². The predicted octanol–water partition coefficient (Wildman–Crippen LogP) is 4.33. The van der Waals surface area contributed by atoms with Crippen LogP contribution in [0.2, 0.25) is 0 Å². The van der Waals surface area contributed by atoms with Gasteiger partial charge in [-0.3, -0.25) is 9.59 Å². The van der Waals surface area contributed by atoms with Gasteiger partial charge < -0.3 is 19.4 Å². The number of amides is 1. The number of benzene rings is 3. The van der Waals surface area contributed by atoms with E-state index in [9.17, 15) is 9.59 Å². The van der Waals surface area contributed by atoms with Crippen molar-refractivity contribution in [2.75, 3.05) is 20.8 Å². The van der Waals surface area contributed by atoms with Crippen molar-refractivity contribution >= 4 is 16.8 Å². The molecular weight excluding hydrogens is 416 g/mol. The molecule has 0 aliphatic carbocycles. The van der Waals surface area contributed by atoms with Crippen molar-refractivity contribution in [2.45, 2.75) is 12.5 Å². The summed E-state index contributed by atoms with van der Waals surface area (Å²) in [6, 6.07) is 22.4. The number of pyridine rings is 1. The third kappa shape index (κ3) is 3.63. The third-order valence-electron chi connectivity index (χ3n) is 6.23. The van der Waals surface area contributed by atoms with Crippen molar-refractivity contribution in [3.05, 3.63) is 105 Å². The molecule has 0 bridgehead atoms. The Morgan fingerprint density at radius 3 is 2.39 bits per heavy atom. The summed E-state index contributed by atoms with van der Waals surface area (Å²) in [5, 5.41) is 0.729. The van der Waals surface area contributed by atoms with Gasteiger partial charge in [-0.1, -0.05) is 48.5 Å². The molecule has 2 heterocycles. The van der Waals surface area contributed by atoms with E-state index >= 15 is 0 Å². The van der Waals surface area contributed by atoms with E-state index in [-0.39, 0.29) is 17.5 Å². The zero-order valence-electron chi connectivity index (χ0n) is 18.5. The van der Waals surface area contributed by atoms with Crippen LogP contribution in [-0.4, -0.2) is 36.6 Å². The predicted molar refractivity (Wildman–Crippen MR) is 127 cm³/mol. The van der Waals surface area contributed by atoms with Gasteiger partial charge in [0.05, 0.1) is 25.8 Å². The maximum absolute atomic E-state index is 14.0. The summed E-state index contributed by atoms with van der Waals surface area (Å²) in [6.07, 6.45) is 0.673. The Morgan fingerprint density at radius 1 is 0.939 bits per heavy atom. The molecule has 0 fully saturated rings. The van der Waals surface area contributed by atoms with Crippen molar-refractivity contribution in [3.63, 3.8) is 0 Å². The summed E-state index contributed by atoms with van der Waals surface area (Å²) in [7, 11) is 3.23. The minimum absolute atomic E-state index is 0.174. The maximum atomic E-state index is 14.0. The van der Waals surface area contributed by atoms with Gasteiger partial charge in [0.1, 0.15) is 0 Å². The number of H-pyrrole nitrogens is 1. The first kappa shape index (κ1) is 20.8. The molecule has 1 aromatic heterocycles. The van der Waals surface area contributed by atoms with Crippen LogP contribution in [0.25, 0.3) is 10.9 Å². The Kier molecular flexibility index (Phi) is 5.34. The van der Waals surface area contributed by atoms with Gasteiger partial charge >= 0.3 is 0 Å². The lowest BCUT2D eigenvalue weighted by atomic mass is 9.87. The number of nitrogens with one attached hydrogen (secondary N) is 1. The zero-order chi connectivity index (χ0) is 22.9. The number of ether oxygens (including phenoxy) is 2. The van der Waals surface area contributed by atoms with E-state index in [0.29, 0.717) is 35.5 Å². The van der Waals surface area contributed by atoms with Gasteiger partial charge in [-0.25, -0.2) is 0 Å². The van der Waals surface area contributed by atoms with Crippen molar-refractivity contribution < 1.29 is 14.3 Å². The quantitative estimate of drug-likeness (QED) is 0.513. The SMILES string of the molecule is COc1cc2c(cc1OC)C(c1ccccc1)N(C(=O)c1cc(=O)[nH]c3ccccc13)CC2. The molecule has 1 unspecified atom stereocenters. The van der Waals surface area contributed by atoms with Crippen LogP contribution in [0, 0.1) is 0 Å². The second-order valence-electron chi connectivity index (χ2n) is 8.06. The third-order valence-corrected chi connectivity index (χ3v) is 6.23. The maximum Gasteiger partial charge on any atom is 0.255 e. The van der Waals surface area contributed by atoms with E-state index in [0.717, 1.165) is 22.1 Å². The molecule has 1 atom stereocenters.